The molecule has 0 aliphatic heterocycles. The zero-order chi connectivity index (χ0) is 12.7. The number of rotatable bonds is 2. The van der Waals surface area contributed by atoms with Crippen LogP contribution in [0.5, 0.6) is 0 Å². The van der Waals surface area contributed by atoms with Crippen molar-refractivity contribution in [2.75, 3.05) is 0 Å². The highest BCUT2D eigenvalue weighted by molar-refractivity contribution is 5.90. The molecule has 1 N–H and O–H groups in total. The minimum absolute atomic E-state index is 0.904. The summed E-state index contributed by atoms with van der Waals surface area (Å²) in [6.45, 7) is 6.77. The van der Waals surface area contributed by atoms with Crippen LogP contribution in [0.2, 0.25) is 0 Å². The van der Waals surface area contributed by atoms with Crippen LogP contribution in [0.4, 0.5) is 0 Å². The fourth-order valence-corrected chi connectivity index (χ4v) is 3.57. The molecule has 18 heavy (non-hydrogen) atoms. The van der Waals surface area contributed by atoms with Crippen LogP contribution < -0.4 is 0 Å². The zero-order valence-electron chi connectivity index (χ0n) is 11.8. The molecular weight excluding hydrogens is 218 g/mol. The van der Waals surface area contributed by atoms with Crippen LogP contribution in [0.15, 0.2) is 12.1 Å². The lowest BCUT2D eigenvalue weighted by Crippen LogP contribution is -2.13. The van der Waals surface area contributed by atoms with E-state index in [0.29, 0.717) is 0 Å². The molecule has 0 radical (unpaired) electrons. The molecule has 1 aliphatic carbocycles. The Balaban J connectivity index is 2.12. The third-order valence-electron chi connectivity index (χ3n) is 4.56. The second-order valence-corrected chi connectivity index (χ2v) is 5.93. The molecule has 0 amide bonds. The Hall–Kier alpha value is -1.24. The summed E-state index contributed by atoms with van der Waals surface area (Å²) in [5.74, 6) is 0.904. The van der Waals surface area contributed by atoms with Crippen LogP contribution in [0.3, 0.4) is 0 Å². The van der Waals surface area contributed by atoms with Crippen molar-refractivity contribution in [1.29, 1.82) is 0 Å². The first-order valence-electron chi connectivity index (χ1n) is 7.30. The van der Waals surface area contributed by atoms with Crippen molar-refractivity contribution in [3.63, 3.8) is 0 Å². The van der Waals surface area contributed by atoms with Crippen molar-refractivity contribution < 1.29 is 0 Å². The first-order valence-corrected chi connectivity index (χ1v) is 7.30. The molecule has 0 fully saturated rings. The zero-order valence-corrected chi connectivity index (χ0v) is 11.8. The molecule has 0 bridgehead atoms. The Labute approximate surface area is 110 Å². The predicted molar refractivity (Wildman–Crippen MR) is 78.2 cm³/mol. The third kappa shape index (κ3) is 1.77. The number of aromatic nitrogens is 1. The molecule has 1 aliphatic rings. The van der Waals surface area contributed by atoms with E-state index in [1.807, 2.05) is 0 Å². The van der Waals surface area contributed by atoms with Gasteiger partial charge in [0.1, 0.15) is 0 Å². The molecular formula is C17H23N. The highest BCUT2D eigenvalue weighted by atomic mass is 14.7. The number of benzene rings is 1. The lowest BCUT2D eigenvalue weighted by Gasteiger charge is -2.22. The Bertz CT molecular complexity index is 577. The van der Waals surface area contributed by atoms with Gasteiger partial charge in [0.2, 0.25) is 0 Å². The number of fused-ring (bicyclic) bond motifs is 3. The molecule has 0 saturated heterocycles. The van der Waals surface area contributed by atoms with E-state index < -0.39 is 0 Å². The SMILES string of the molecule is CCCC1CCc2[nH]c3c(C)ccc(C)c3c2C1. The Morgan fingerprint density at radius 2 is 2.00 bits per heavy atom. The number of H-pyrrole nitrogens is 1. The molecule has 1 aromatic carbocycles. The van der Waals surface area contributed by atoms with Crippen LogP contribution >= 0.6 is 0 Å². The lowest BCUT2D eigenvalue weighted by molar-refractivity contribution is 0.422. The molecule has 1 nitrogen and oxygen atoms in total. The normalized spacial score (nSPS) is 19.2. The largest absolute Gasteiger partial charge is 0.358 e. The standard InChI is InChI=1S/C17H23N/c1-4-5-13-8-9-15-14(10-13)16-11(2)6-7-12(3)17(16)18-15/h6-7,13,18H,4-5,8-10H2,1-3H3. The van der Waals surface area contributed by atoms with Gasteiger partial charge in [-0.2, -0.15) is 0 Å². The van der Waals surface area contributed by atoms with Gasteiger partial charge in [0.25, 0.3) is 0 Å². The van der Waals surface area contributed by atoms with Crippen LogP contribution in [0, 0.1) is 19.8 Å². The average Bonchev–Trinajstić information content (AvgIpc) is 2.74. The van der Waals surface area contributed by atoms with Gasteiger partial charge < -0.3 is 4.98 Å². The van der Waals surface area contributed by atoms with Gasteiger partial charge in [-0.3, -0.25) is 0 Å². The van der Waals surface area contributed by atoms with E-state index in [1.165, 1.54) is 59.8 Å². The summed E-state index contributed by atoms with van der Waals surface area (Å²) in [5, 5.41) is 1.52. The summed E-state index contributed by atoms with van der Waals surface area (Å²) in [4.78, 5) is 3.69. The van der Waals surface area contributed by atoms with Crippen molar-refractivity contribution >= 4 is 10.9 Å². The minimum Gasteiger partial charge on any atom is -0.358 e. The van der Waals surface area contributed by atoms with Crippen LogP contribution in [0.1, 0.15) is 48.6 Å². The van der Waals surface area contributed by atoms with Crippen molar-refractivity contribution in [2.45, 2.75) is 52.9 Å². The molecule has 96 valence electrons. The van der Waals surface area contributed by atoms with E-state index in [2.05, 4.69) is 37.9 Å². The van der Waals surface area contributed by atoms with E-state index in [1.54, 1.807) is 5.56 Å². The molecule has 1 heterocycles. The van der Waals surface area contributed by atoms with Crippen LogP contribution in [0.25, 0.3) is 10.9 Å². The second kappa shape index (κ2) is 4.46. The topological polar surface area (TPSA) is 15.8 Å². The maximum Gasteiger partial charge on any atom is 0.0491 e. The Morgan fingerprint density at radius 3 is 2.78 bits per heavy atom. The van der Waals surface area contributed by atoms with Gasteiger partial charge in [-0.1, -0.05) is 31.9 Å². The summed E-state index contributed by atoms with van der Waals surface area (Å²) in [6, 6.07) is 4.51. The molecule has 1 aromatic heterocycles. The summed E-state index contributed by atoms with van der Waals surface area (Å²) in [7, 11) is 0. The molecule has 2 aromatic rings. The maximum absolute atomic E-state index is 3.69. The predicted octanol–water partition coefficient (Wildman–Crippen LogP) is 4.69. The number of aryl methyl sites for hydroxylation is 3. The second-order valence-electron chi connectivity index (χ2n) is 5.93. The monoisotopic (exact) mass is 241 g/mol. The van der Waals surface area contributed by atoms with E-state index >= 15 is 0 Å². The van der Waals surface area contributed by atoms with Gasteiger partial charge in [0.05, 0.1) is 0 Å². The lowest BCUT2D eigenvalue weighted by atomic mass is 9.83. The van der Waals surface area contributed by atoms with E-state index in [9.17, 15) is 0 Å². The van der Waals surface area contributed by atoms with Gasteiger partial charge >= 0.3 is 0 Å². The van der Waals surface area contributed by atoms with Crippen molar-refractivity contribution in [3.05, 3.63) is 34.5 Å². The Morgan fingerprint density at radius 1 is 1.22 bits per heavy atom. The van der Waals surface area contributed by atoms with Crippen molar-refractivity contribution in [3.8, 4) is 0 Å². The number of hydrogen-bond donors (Lipinski definition) is 1. The summed E-state index contributed by atoms with van der Waals surface area (Å²) in [6.07, 6.45) is 6.60. The number of hydrogen-bond acceptors (Lipinski definition) is 0. The smallest absolute Gasteiger partial charge is 0.0491 e. The molecule has 0 saturated carbocycles. The molecule has 1 atom stereocenters. The molecule has 0 spiro atoms. The first kappa shape index (κ1) is 11.8. The van der Waals surface area contributed by atoms with Gasteiger partial charge in [0.15, 0.2) is 0 Å². The summed E-state index contributed by atoms with van der Waals surface area (Å²) >= 11 is 0. The average molecular weight is 241 g/mol. The maximum atomic E-state index is 3.69. The minimum atomic E-state index is 0.904. The number of nitrogens with one attached hydrogen (secondary N) is 1. The van der Waals surface area contributed by atoms with E-state index in [0.717, 1.165) is 5.92 Å². The van der Waals surface area contributed by atoms with Gasteiger partial charge in [-0.15, -0.1) is 0 Å². The summed E-state index contributed by atoms with van der Waals surface area (Å²) in [5.41, 5.74) is 7.34. The highest BCUT2D eigenvalue weighted by Crippen LogP contribution is 2.36. The van der Waals surface area contributed by atoms with E-state index in [4.69, 9.17) is 0 Å². The fourth-order valence-electron chi connectivity index (χ4n) is 3.57. The van der Waals surface area contributed by atoms with Gasteiger partial charge in [0, 0.05) is 16.6 Å². The van der Waals surface area contributed by atoms with Crippen molar-refractivity contribution in [1.82, 2.24) is 4.98 Å². The highest BCUT2D eigenvalue weighted by Gasteiger charge is 2.23. The third-order valence-corrected chi connectivity index (χ3v) is 4.56. The van der Waals surface area contributed by atoms with Gasteiger partial charge in [-0.25, -0.2) is 0 Å². The van der Waals surface area contributed by atoms with Crippen molar-refractivity contribution in [2.24, 2.45) is 5.92 Å². The molecule has 1 unspecified atom stereocenters. The van der Waals surface area contributed by atoms with Gasteiger partial charge in [-0.05, 0) is 55.7 Å². The Kier molecular flexibility index (Phi) is 2.93. The molecule has 3 rings (SSSR count). The molecule has 1 heteroatoms. The van der Waals surface area contributed by atoms with E-state index in [-0.39, 0.29) is 0 Å². The number of aromatic amines is 1. The summed E-state index contributed by atoms with van der Waals surface area (Å²) < 4.78 is 0. The quantitative estimate of drug-likeness (QED) is 0.785. The fraction of sp³-hybridized carbons (Fsp3) is 0.529. The first-order chi connectivity index (χ1) is 8.70. The van der Waals surface area contributed by atoms with Crippen LogP contribution in [-0.2, 0) is 12.8 Å². The van der Waals surface area contributed by atoms with Crippen LogP contribution in [-0.4, -0.2) is 4.98 Å².